The van der Waals surface area contributed by atoms with Crippen LogP contribution in [-0.2, 0) is 4.79 Å². The van der Waals surface area contributed by atoms with Gasteiger partial charge >= 0.3 is 6.03 Å². The van der Waals surface area contributed by atoms with Crippen LogP contribution in [0.25, 0.3) is 0 Å². The van der Waals surface area contributed by atoms with Crippen LogP contribution in [0.3, 0.4) is 0 Å². The molecule has 1 fully saturated rings. The molecule has 0 aromatic heterocycles. The van der Waals surface area contributed by atoms with Crippen LogP contribution in [0.5, 0.6) is 0 Å². The van der Waals surface area contributed by atoms with Gasteiger partial charge in [-0.2, -0.15) is 0 Å². The standard InChI is InChI=1S/C12H11Cl2N3O3/c13-8-3-1-2-7(10(8)14)11(19)15-4-5-17-9(18)6-16-12(17)20/h1-3H,4-6H2,(H,15,19)(H,16,20). The Morgan fingerprint density at radius 2 is 2.10 bits per heavy atom. The Hall–Kier alpha value is -1.79. The average Bonchev–Trinajstić information content (AvgIpc) is 2.73. The Morgan fingerprint density at radius 1 is 1.35 bits per heavy atom. The van der Waals surface area contributed by atoms with Gasteiger partial charge in [0.25, 0.3) is 5.91 Å². The number of rotatable bonds is 4. The number of amides is 4. The average molecular weight is 316 g/mol. The topological polar surface area (TPSA) is 78.5 Å². The predicted octanol–water partition coefficient (Wildman–Crippen LogP) is 1.28. The highest BCUT2D eigenvalue weighted by Crippen LogP contribution is 2.25. The first-order valence-corrected chi connectivity index (χ1v) is 6.56. The molecule has 4 amide bonds. The van der Waals surface area contributed by atoms with Gasteiger partial charge in [-0.3, -0.25) is 14.5 Å². The Kier molecular flexibility index (Phi) is 4.46. The summed E-state index contributed by atoms with van der Waals surface area (Å²) < 4.78 is 0. The fourth-order valence-electron chi connectivity index (χ4n) is 1.74. The van der Waals surface area contributed by atoms with Gasteiger partial charge in [-0.05, 0) is 12.1 Å². The molecule has 1 heterocycles. The van der Waals surface area contributed by atoms with E-state index in [1.165, 1.54) is 6.07 Å². The number of benzene rings is 1. The molecule has 1 saturated heterocycles. The summed E-state index contributed by atoms with van der Waals surface area (Å²) in [6.07, 6.45) is 0. The van der Waals surface area contributed by atoms with Crippen molar-refractivity contribution < 1.29 is 14.4 Å². The van der Waals surface area contributed by atoms with E-state index in [1.54, 1.807) is 12.1 Å². The van der Waals surface area contributed by atoms with Gasteiger partial charge in [-0.1, -0.05) is 29.3 Å². The summed E-state index contributed by atoms with van der Waals surface area (Å²) in [5.74, 6) is -0.727. The molecule has 1 aliphatic heterocycles. The highest BCUT2D eigenvalue weighted by Gasteiger charge is 2.27. The van der Waals surface area contributed by atoms with Crippen LogP contribution < -0.4 is 10.6 Å². The van der Waals surface area contributed by atoms with E-state index < -0.39 is 11.9 Å². The molecular formula is C12H11Cl2N3O3. The number of nitrogens with one attached hydrogen (secondary N) is 2. The quantitative estimate of drug-likeness (QED) is 0.821. The van der Waals surface area contributed by atoms with Gasteiger partial charge < -0.3 is 10.6 Å². The minimum absolute atomic E-state index is 0.00704. The number of carbonyl (C=O) groups excluding carboxylic acids is 3. The first kappa shape index (κ1) is 14.6. The first-order valence-electron chi connectivity index (χ1n) is 5.81. The summed E-state index contributed by atoms with van der Waals surface area (Å²) in [5.41, 5.74) is 0.247. The van der Waals surface area contributed by atoms with Crippen molar-refractivity contribution in [3.63, 3.8) is 0 Å². The van der Waals surface area contributed by atoms with Gasteiger partial charge in [0.05, 0.1) is 22.2 Å². The molecule has 8 heteroatoms. The molecule has 0 atom stereocenters. The van der Waals surface area contributed by atoms with Gasteiger partial charge in [-0.15, -0.1) is 0 Å². The summed E-state index contributed by atoms with van der Waals surface area (Å²) in [4.78, 5) is 35.5. The van der Waals surface area contributed by atoms with Crippen LogP contribution >= 0.6 is 23.2 Å². The van der Waals surface area contributed by atoms with Crippen LogP contribution in [0, 0.1) is 0 Å². The molecule has 0 aliphatic carbocycles. The van der Waals surface area contributed by atoms with Gasteiger partial charge in [-0.25, -0.2) is 4.79 Å². The molecule has 2 rings (SSSR count). The smallest absolute Gasteiger partial charge is 0.324 e. The van der Waals surface area contributed by atoms with Crippen molar-refractivity contribution in [2.75, 3.05) is 19.6 Å². The SMILES string of the molecule is O=C(NCCN1C(=O)CNC1=O)c1cccc(Cl)c1Cl. The minimum atomic E-state index is -0.454. The largest absolute Gasteiger partial charge is 0.350 e. The molecule has 1 aromatic rings. The molecule has 0 unspecified atom stereocenters. The Labute approximate surface area is 125 Å². The minimum Gasteiger partial charge on any atom is -0.350 e. The number of urea groups is 1. The lowest BCUT2D eigenvalue weighted by atomic mass is 10.2. The second kappa shape index (κ2) is 6.11. The maximum absolute atomic E-state index is 11.9. The predicted molar refractivity (Wildman–Crippen MR) is 73.9 cm³/mol. The van der Waals surface area contributed by atoms with E-state index in [1.807, 2.05) is 0 Å². The van der Waals surface area contributed by atoms with E-state index in [9.17, 15) is 14.4 Å². The van der Waals surface area contributed by atoms with E-state index in [4.69, 9.17) is 23.2 Å². The van der Waals surface area contributed by atoms with Crippen LogP contribution in [0.4, 0.5) is 4.79 Å². The number of hydrogen-bond acceptors (Lipinski definition) is 3. The molecule has 1 aliphatic rings. The molecule has 106 valence electrons. The van der Waals surface area contributed by atoms with Gasteiger partial charge in [0.2, 0.25) is 5.91 Å². The lowest BCUT2D eigenvalue weighted by molar-refractivity contribution is -0.124. The number of halogens is 2. The summed E-state index contributed by atoms with van der Waals surface area (Å²) in [7, 11) is 0. The van der Waals surface area contributed by atoms with Gasteiger partial charge in [0.1, 0.15) is 0 Å². The number of hydrogen-bond donors (Lipinski definition) is 2. The Balaban J connectivity index is 1.91. The number of carbonyl (C=O) groups is 3. The molecule has 0 spiro atoms. The Morgan fingerprint density at radius 3 is 2.75 bits per heavy atom. The highest BCUT2D eigenvalue weighted by atomic mass is 35.5. The zero-order valence-corrected chi connectivity index (χ0v) is 11.8. The molecule has 2 N–H and O–H groups in total. The molecule has 1 aromatic carbocycles. The fraction of sp³-hybridized carbons (Fsp3) is 0.250. The van der Waals surface area contributed by atoms with E-state index in [0.717, 1.165) is 4.90 Å². The zero-order chi connectivity index (χ0) is 14.7. The molecule has 0 saturated carbocycles. The van der Waals surface area contributed by atoms with E-state index in [-0.39, 0.29) is 41.2 Å². The van der Waals surface area contributed by atoms with E-state index >= 15 is 0 Å². The van der Waals surface area contributed by atoms with Crippen molar-refractivity contribution in [2.24, 2.45) is 0 Å². The van der Waals surface area contributed by atoms with Crippen LogP contribution in [-0.4, -0.2) is 42.4 Å². The molecular weight excluding hydrogens is 305 g/mol. The maximum Gasteiger partial charge on any atom is 0.324 e. The van der Waals surface area contributed by atoms with E-state index in [2.05, 4.69) is 10.6 Å². The van der Waals surface area contributed by atoms with Crippen molar-refractivity contribution in [2.45, 2.75) is 0 Å². The highest BCUT2D eigenvalue weighted by molar-refractivity contribution is 6.43. The van der Waals surface area contributed by atoms with Crippen molar-refractivity contribution in [1.82, 2.24) is 15.5 Å². The number of nitrogens with zero attached hydrogens (tertiary/aromatic N) is 1. The van der Waals surface area contributed by atoms with Crippen LogP contribution in [0.2, 0.25) is 10.0 Å². The summed E-state index contributed by atoms with van der Waals surface area (Å²) in [6.45, 7) is 0.238. The molecule has 6 nitrogen and oxygen atoms in total. The summed E-state index contributed by atoms with van der Waals surface area (Å²) >= 11 is 11.7. The lowest BCUT2D eigenvalue weighted by Gasteiger charge is -2.13. The van der Waals surface area contributed by atoms with E-state index in [0.29, 0.717) is 0 Å². The third kappa shape index (κ3) is 3.02. The second-order valence-electron chi connectivity index (χ2n) is 4.06. The number of imide groups is 1. The Bertz CT molecular complexity index is 561. The third-order valence-corrected chi connectivity index (χ3v) is 3.57. The first-order chi connectivity index (χ1) is 9.50. The second-order valence-corrected chi connectivity index (χ2v) is 4.85. The van der Waals surface area contributed by atoms with Crippen LogP contribution in [0.15, 0.2) is 18.2 Å². The van der Waals surface area contributed by atoms with Gasteiger partial charge in [0.15, 0.2) is 0 Å². The van der Waals surface area contributed by atoms with Crippen molar-refractivity contribution >= 4 is 41.0 Å². The van der Waals surface area contributed by atoms with Crippen molar-refractivity contribution in [3.05, 3.63) is 33.8 Å². The zero-order valence-electron chi connectivity index (χ0n) is 10.3. The lowest BCUT2D eigenvalue weighted by Crippen LogP contribution is -2.38. The third-order valence-electron chi connectivity index (χ3n) is 2.75. The van der Waals surface area contributed by atoms with Crippen LogP contribution in [0.1, 0.15) is 10.4 Å². The maximum atomic E-state index is 11.9. The van der Waals surface area contributed by atoms with Crippen molar-refractivity contribution in [3.8, 4) is 0 Å². The summed E-state index contributed by atoms with van der Waals surface area (Å²) in [5, 5.41) is 5.42. The molecule has 0 bridgehead atoms. The monoisotopic (exact) mass is 315 g/mol. The van der Waals surface area contributed by atoms with Crippen molar-refractivity contribution in [1.29, 1.82) is 0 Å². The van der Waals surface area contributed by atoms with Gasteiger partial charge in [0, 0.05) is 13.1 Å². The fourth-order valence-corrected chi connectivity index (χ4v) is 2.12. The summed E-state index contributed by atoms with van der Waals surface area (Å²) in [6, 6.07) is 4.27. The molecule has 20 heavy (non-hydrogen) atoms. The molecule has 0 radical (unpaired) electrons. The normalized spacial score (nSPS) is 14.4.